The van der Waals surface area contributed by atoms with Gasteiger partial charge in [-0.05, 0) is 29.8 Å². The number of carbonyl (C=O) groups excluding carboxylic acids is 2. The van der Waals surface area contributed by atoms with Gasteiger partial charge in [0.05, 0.1) is 19.8 Å². The number of aromatic nitrogens is 1. The molecule has 0 saturated carbocycles. The molecule has 0 aliphatic heterocycles. The number of benzene rings is 1. The molecule has 132 valence electrons. The number of methoxy groups -OCH3 is 1. The first kappa shape index (κ1) is 18.6. The van der Waals surface area contributed by atoms with Crippen LogP contribution in [0.2, 0.25) is 0 Å². The fraction of sp³-hybridized carbons (Fsp3) is 0.316. The number of aliphatic hydroxyl groups is 1. The molecule has 0 spiro atoms. The number of carbonyl (C=O) groups is 2. The summed E-state index contributed by atoms with van der Waals surface area (Å²) in [7, 11) is 3.17. The van der Waals surface area contributed by atoms with Crippen LogP contribution in [0.25, 0.3) is 0 Å². The molecule has 0 bridgehead atoms. The van der Waals surface area contributed by atoms with Crippen molar-refractivity contribution in [3.05, 3.63) is 59.9 Å². The van der Waals surface area contributed by atoms with Crippen LogP contribution >= 0.6 is 0 Å². The highest BCUT2D eigenvalue weighted by atomic mass is 16.5. The van der Waals surface area contributed by atoms with Crippen molar-refractivity contribution in [2.45, 2.75) is 18.9 Å². The summed E-state index contributed by atoms with van der Waals surface area (Å²) in [5, 5.41) is 10.3. The fourth-order valence-corrected chi connectivity index (χ4v) is 2.40. The van der Waals surface area contributed by atoms with Crippen molar-refractivity contribution in [2.75, 3.05) is 20.7 Å². The Labute approximate surface area is 147 Å². The molecule has 0 saturated heterocycles. The molecular weight excluding hydrogens is 320 g/mol. The van der Waals surface area contributed by atoms with Gasteiger partial charge in [-0.15, -0.1) is 0 Å². The summed E-state index contributed by atoms with van der Waals surface area (Å²) < 4.78 is 5.13. The first-order chi connectivity index (χ1) is 12.0. The van der Waals surface area contributed by atoms with Crippen LogP contribution < -0.4 is 4.74 Å². The fourth-order valence-electron chi connectivity index (χ4n) is 2.40. The van der Waals surface area contributed by atoms with Gasteiger partial charge in [0.25, 0.3) is 0 Å². The predicted molar refractivity (Wildman–Crippen MR) is 93.4 cm³/mol. The van der Waals surface area contributed by atoms with E-state index in [1.807, 2.05) is 0 Å². The molecule has 1 atom stereocenters. The molecular formula is C19H22N2O4. The van der Waals surface area contributed by atoms with Crippen molar-refractivity contribution in [1.29, 1.82) is 0 Å². The number of pyridine rings is 1. The molecule has 1 unspecified atom stereocenters. The molecule has 1 N–H and O–H groups in total. The van der Waals surface area contributed by atoms with Crippen molar-refractivity contribution in [3.8, 4) is 5.75 Å². The first-order valence-electron chi connectivity index (χ1n) is 8.00. The third kappa shape index (κ3) is 5.39. The summed E-state index contributed by atoms with van der Waals surface area (Å²) >= 11 is 0. The number of amides is 1. The van der Waals surface area contributed by atoms with E-state index in [-0.39, 0.29) is 31.1 Å². The quantitative estimate of drug-likeness (QED) is 0.744. The van der Waals surface area contributed by atoms with E-state index in [1.165, 1.54) is 11.1 Å². The van der Waals surface area contributed by atoms with Gasteiger partial charge in [-0.3, -0.25) is 14.6 Å². The molecule has 0 radical (unpaired) electrons. The second-order valence-electron chi connectivity index (χ2n) is 5.73. The minimum absolute atomic E-state index is 0.0923. The van der Waals surface area contributed by atoms with Crippen LogP contribution in [0, 0.1) is 0 Å². The van der Waals surface area contributed by atoms with Gasteiger partial charge in [-0.2, -0.15) is 0 Å². The van der Waals surface area contributed by atoms with Crippen LogP contribution in [0.1, 0.15) is 34.9 Å². The van der Waals surface area contributed by atoms with E-state index in [0.717, 1.165) is 0 Å². The number of ketones is 1. The molecule has 25 heavy (non-hydrogen) atoms. The zero-order chi connectivity index (χ0) is 18.2. The number of Topliss-reactive ketones (excluding diaryl/α,β-unsaturated/α-hetero) is 1. The summed E-state index contributed by atoms with van der Waals surface area (Å²) in [6.07, 6.45) is 2.47. The first-order valence-corrected chi connectivity index (χ1v) is 8.00. The maximum absolute atomic E-state index is 12.2. The van der Waals surface area contributed by atoms with E-state index < -0.39 is 6.10 Å². The number of likely N-dealkylation sites (N-methyl/N-ethyl adjacent to an activating group) is 1. The molecule has 6 heteroatoms. The molecule has 0 fully saturated rings. The third-order valence-electron chi connectivity index (χ3n) is 3.90. The SMILES string of the molecule is COc1cccc(C(O)CN(C)C(=O)CCC(=O)c2cccnc2)c1. The predicted octanol–water partition coefficient (Wildman–Crippen LogP) is 2.25. The Morgan fingerprint density at radius 2 is 2.04 bits per heavy atom. The van der Waals surface area contributed by atoms with Gasteiger partial charge in [0.15, 0.2) is 5.78 Å². The zero-order valence-corrected chi connectivity index (χ0v) is 14.4. The van der Waals surface area contributed by atoms with Gasteiger partial charge in [0.2, 0.25) is 5.91 Å². The standard InChI is InChI=1S/C19H22N2O4/c1-21(13-18(23)14-5-3-7-16(11-14)25-2)19(24)9-8-17(22)15-6-4-10-20-12-15/h3-7,10-12,18,23H,8-9,13H2,1-2H3. The Kier molecular flexibility index (Phi) is 6.65. The van der Waals surface area contributed by atoms with Crippen molar-refractivity contribution < 1.29 is 19.4 Å². The number of ether oxygens (including phenoxy) is 1. The number of hydrogen-bond acceptors (Lipinski definition) is 5. The minimum atomic E-state index is -0.821. The largest absolute Gasteiger partial charge is 0.497 e. The Morgan fingerprint density at radius 1 is 1.24 bits per heavy atom. The lowest BCUT2D eigenvalue weighted by Gasteiger charge is -2.21. The molecule has 1 aromatic carbocycles. The highest BCUT2D eigenvalue weighted by Gasteiger charge is 2.17. The lowest BCUT2D eigenvalue weighted by Crippen LogP contribution is -2.31. The molecule has 0 aliphatic carbocycles. The second-order valence-corrected chi connectivity index (χ2v) is 5.73. The molecule has 2 aromatic rings. The maximum atomic E-state index is 12.2. The number of hydrogen-bond donors (Lipinski definition) is 1. The van der Waals surface area contributed by atoms with Crippen LogP contribution in [-0.4, -0.2) is 47.4 Å². The van der Waals surface area contributed by atoms with E-state index in [4.69, 9.17) is 4.74 Å². The lowest BCUT2D eigenvalue weighted by atomic mass is 10.1. The maximum Gasteiger partial charge on any atom is 0.222 e. The van der Waals surface area contributed by atoms with Crippen molar-refractivity contribution >= 4 is 11.7 Å². The van der Waals surface area contributed by atoms with Crippen LogP contribution in [0.5, 0.6) is 5.75 Å². The van der Waals surface area contributed by atoms with Gasteiger partial charge in [0.1, 0.15) is 5.75 Å². The van der Waals surface area contributed by atoms with Gasteiger partial charge in [-0.25, -0.2) is 0 Å². The van der Waals surface area contributed by atoms with Crippen molar-refractivity contribution in [1.82, 2.24) is 9.88 Å². The molecule has 6 nitrogen and oxygen atoms in total. The Balaban J connectivity index is 1.86. The Morgan fingerprint density at radius 3 is 2.72 bits per heavy atom. The second kappa shape index (κ2) is 8.94. The van der Waals surface area contributed by atoms with E-state index in [2.05, 4.69) is 4.98 Å². The van der Waals surface area contributed by atoms with E-state index in [9.17, 15) is 14.7 Å². The number of aliphatic hydroxyl groups excluding tert-OH is 1. The number of rotatable bonds is 8. The monoisotopic (exact) mass is 342 g/mol. The zero-order valence-electron chi connectivity index (χ0n) is 14.4. The molecule has 1 heterocycles. The van der Waals surface area contributed by atoms with Gasteiger partial charge >= 0.3 is 0 Å². The smallest absolute Gasteiger partial charge is 0.222 e. The van der Waals surface area contributed by atoms with Crippen LogP contribution in [0.3, 0.4) is 0 Å². The summed E-state index contributed by atoms with van der Waals surface area (Å²) in [6.45, 7) is 0.146. The summed E-state index contributed by atoms with van der Waals surface area (Å²) in [5.41, 5.74) is 1.17. The molecule has 2 rings (SSSR count). The number of nitrogens with zero attached hydrogens (tertiary/aromatic N) is 2. The molecule has 1 aromatic heterocycles. The van der Waals surface area contributed by atoms with Crippen LogP contribution in [-0.2, 0) is 4.79 Å². The van der Waals surface area contributed by atoms with Gasteiger partial charge in [-0.1, -0.05) is 12.1 Å². The van der Waals surface area contributed by atoms with E-state index in [1.54, 1.807) is 56.8 Å². The highest BCUT2D eigenvalue weighted by molar-refractivity contribution is 5.97. The van der Waals surface area contributed by atoms with Crippen LogP contribution in [0.4, 0.5) is 0 Å². The average Bonchev–Trinajstić information content (AvgIpc) is 2.66. The molecule has 0 aliphatic rings. The summed E-state index contributed by atoms with van der Waals surface area (Å²) in [4.78, 5) is 29.5. The van der Waals surface area contributed by atoms with Crippen molar-refractivity contribution in [3.63, 3.8) is 0 Å². The Bertz CT molecular complexity index is 718. The lowest BCUT2D eigenvalue weighted by molar-refractivity contribution is -0.131. The summed E-state index contributed by atoms with van der Waals surface area (Å²) in [5.74, 6) is 0.329. The molecule has 1 amide bonds. The Hall–Kier alpha value is -2.73. The van der Waals surface area contributed by atoms with Crippen molar-refractivity contribution in [2.24, 2.45) is 0 Å². The topological polar surface area (TPSA) is 79.7 Å². The van der Waals surface area contributed by atoms with Crippen LogP contribution in [0.15, 0.2) is 48.8 Å². The highest BCUT2D eigenvalue weighted by Crippen LogP contribution is 2.20. The van der Waals surface area contributed by atoms with E-state index in [0.29, 0.717) is 16.9 Å². The summed E-state index contributed by atoms with van der Waals surface area (Å²) in [6, 6.07) is 10.4. The van der Waals surface area contributed by atoms with Gasteiger partial charge in [0, 0.05) is 37.8 Å². The van der Waals surface area contributed by atoms with E-state index >= 15 is 0 Å². The average molecular weight is 342 g/mol. The minimum Gasteiger partial charge on any atom is -0.497 e. The normalized spacial score (nSPS) is 11.6. The third-order valence-corrected chi connectivity index (χ3v) is 3.90. The van der Waals surface area contributed by atoms with Gasteiger partial charge < -0.3 is 14.7 Å².